The first-order valence-electron chi connectivity index (χ1n) is 6.03. The lowest BCUT2D eigenvalue weighted by molar-refractivity contribution is 0.00646. The molecule has 4 heteroatoms. The quantitative estimate of drug-likeness (QED) is 0.842. The van der Waals surface area contributed by atoms with E-state index < -0.39 is 17.4 Å². The fourth-order valence-corrected chi connectivity index (χ4v) is 1.50. The molecular weight excluding hydrogens is 233 g/mol. The van der Waals surface area contributed by atoms with Gasteiger partial charge in [0.15, 0.2) is 0 Å². The van der Waals surface area contributed by atoms with Gasteiger partial charge < -0.3 is 10.5 Å². The molecule has 1 unspecified atom stereocenters. The van der Waals surface area contributed by atoms with Crippen molar-refractivity contribution in [1.29, 1.82) is 0 Å². The number of hydrogen-bond acceptors (Lipinski definition) is 3. The molecule has 0 saturated heterocycles. The van der Waals surface area contributed by atoms with Crippen LogP contribution in [-0.4, -0.2) is 11.6 Å². The van der Waals surface area contributed by atoms with Crippen molar-refractivity contribution < 1.29 is 13.9 Å². The standard InChI is InChI=1S/C14H20FNO2/c1-5-12(16)9-6-7-11(15)10(8-9)13(17)18-14(2,3)4/h6-8,12H,5,16H2,1-4H3. The van der Waals surface area contributed by atoms with E-state index in [1.54, 1.807) is 26.8 Å². The van der Waals surface area contributed by atoms with E-state index >= 15 is 0 Å². The molecule has 0 bridgehead atoms. The van der Waals surface area contributed by atoms with Crippen molar-refractivity contribution in [3.8, 4) is 0 Å². The highest BCUT2D eigenvalue weighted by atomic mass is 19.1. The van der Waals surface area contributed by atoms with Crippen LogP contribution in [0.1, 0.15) is 56.1 Å². The van der Waals surface area contributed by atoms with Crippen molar-refractivity contribution in [2.45, 2.75) is 45.8 Å². The highest BCUT2D eigenvalue weighted by molar-refractivity contribution is 5.90. The van der Waals surface area contributed by atoms with E-state index in [-0.39, 0.29) is 11.6 Å². The Morgan fingerprint density at radius 2 is 2.06 bits per heavy atom. The number of rotatable bonds is 3. The molecule has 0 spiro atoms. The van der Waals surface area contributed by atoms with Gasteiger partial charge in [-0.1, -0.05) is 13.0 Å². The van der Waals surface area contributed by atoms with Crippen LogP contribution in [0.4, 0.5) is 4.39 Å². The fraction of sp³-hybridized carbons (Fsp3) is 0.500. The zero-order valence-corrected chi connectivity index (χ0v) is 11.3. The monoisotopic (exact) mass is 253 g/mol. The maximum atomic E-state index is 13.6. The van der Waals surface area contributed by atoms with Crippen LogP contribution in [0, 0.1) is 5.82 Å². The molecule has 1 aromatic rings. The molecule has 0 radical (unpaired) electrons. The Balaban J connectivity index is 3.04. The largest absolute Gasteiger partial charge is 0.456 e. The minimum absolute atomic E-state index is 0.0636. The van der Waals surface area contributed by atoms with E-state index in [0.29, 0.717) is 0 Å². The number of ether oxygens (including phenoxy) is 1. The van der Waals surface area contributed by atoms with Crippen LogP contribution in [0.15, 0.2) is 18.2 Å². The van der Waals surface area contributed by atoms with Gasteiger partial charge >= 0.3 is 5.97 Å². The van der Waals surface area contributed by atoms with Crippen LogP contribution in [-0.2, 0) is 4.74 Å². The van der Waals surface area contributed by atoms with Crippen molar-refractivity contribution >= 4 is 5.97 Å². The van der Waals surface area contributed by atoms with Gasteiger partial charge in [-0.2, -0.15) is 0 Å². The Kier molecular flexibility index (Phi) is 4.46. The highest BCUT2D eigenvalue weighted by Gasteiger charge is 2.21. The first-order chi connectivity index (χ1) is 8.24. The minimum atomic E-state index is -0.662. The molecule has 100 valence electrons. The lowest BCUT2D eigenvalue weighted by atomic mass is 10.0. The Bertz CT molecular complexity index is 438. The summed E-state index contributed by atoms with van der Waals surface area (Å²) in [6.07, 6.45) is 0.722. The third-order valence-corrected chi connectivity index (χ3v) is 2.48. The molecule has 2 N–H and O–H groups in total. The first-order valence-corrected chi connectivity index (χ1v) is 6.03. The smallest absolute Gasteiger partial charge is 0.341 e. The number of nitrogens with two attached hydrogens (primary N) is 1. The molecule has 0 aliphatic heterocycles. The normalized spacial score (nSPS) is 13.2. The topological polar surface area (TPSA) is 52.3 Å². The van der Waals surface area contributed by atoms with E-state index in [4.69, 9.17) is 10.5 Å². The van der Waals surface area contributed by atoms with Gasteiger partial charge in [0.1, 0.15) is 11.4 Å². The first kappa shape index (κ1) is 14.6. The predicted molar refractivity (Wildman–Crippen MR) is 68.8 cm³/mol. The molecule has 3 nitrogen and oxygen atoms in total. The highest BCUT2D eigenvalue weighted by Crippen LogP contribution is 2.20. The van der Waals surface area contributed by atoms with Gasteiger partial charge in [0, 0.05) is 6.04 Å². The molecule has 0 aliphatic rings. The SMILES string of the molecule is CCC(N)c1ccc(F)c(C(=O)OC(C)(C)C)c1. The lowest BCUT2D eigenvalue weighted by Crippen LogP contribution is -2.24. The molecule has 0 saturated carbocycles. The molecular formula is C14H20FNO2. The van der Waals surface area contributed by atoms with E-state index in [9.17, 15) is 9.18 Å². The summed E-state index contributed by atoms with van der Waals surface area (Å²) in [6, 6.07) is 4.12. The van der Waals surface area contributed by atoms with E-state index in [2.05, 4.69) is 0 Å². The Morgan fingerprint density at radius 1 is 1.44 bits per heavy atom. The summed E-state index contributed by atoms with van der Waals surface area (Å²) in [5.74, 6) is -1.25. The molecule has 1 aromatic carbocycles. The molecule has 1 atom stereocenters. The maximum absolute atomic E-state index is 13.6. The molecule has 1 rings (SSSR count). The Hall–Kier alpha value is -1.42. The third kappa shape index (κ3) is 3.81. The van der Waals surface area contributed by atoms with Crippen LogP contribution in [0.3, 0.4) is 0 Å². The van der Waals surface area contributed by atoms with Crippen LogP contribution in [0.2, 0.25) is 0 Å². The average Bonchev–Trinajstić information content (AvgIpc) is 2.26. The molecule has 0 heterocycles. The van der Waals surface area contributed by atoms with Gasteiger partial charge in [-0.15, -0.1) is 0 Å². The van der Waals surface area contributed by atoms with Crippen LogP contribution in [0.25, 0.3) is 0 Å². The number of esters is 1. The zero-order chi connectivity index (χ0) is 13.9. The third-order valence-electron chi connectivity index (χ3n) is 2.48. The average molecular weight is 253 g/mol. The van der Waals surface area contributed by atoms with Gasteiger partial charge in [-0.3, -0.25) is 0 Å². The fourth-order valence-electron chi connectivity index (χ4n) is 1.50. The molecule has 18 heavy (non-hydrogen) atoms. The van der Waals surface area contributed by atoms with E-state index in [1.165, 1.54) is 12.1 Å². The van der Waals surface area contributed by atoms with Crippen LogP contribution < -0.4 is 5.73 Å². The van der Waals surface area contributed by atoms with E-state index in [0.717, 1.165) is 12.0 Å². The van der Waals surface area contributed by atoms with Crippen molar-refractivity contribution in [2.75, 3.05) is 0 Å². The summed E-state index contributed by atoms with van der Waals surface area (Å²) in [5, 5.41) is 0. The van der Waals surface area contributed by atoms with Crippen LogP contribution in [0.5, 0.6) is 0 Å². The minimum Gasteiger partial charge on any atom is -0.456 e. The zero-order valence-electron chi connectivity index (χ0n) is 11.3. The second-order valence-electron chi connectivity index (χ2n) is 5.26. The van der Waals surface area contributed by atoms with Gasteiger partial charge in [0.25, 0.3) is 0 Å². The molecule has 0 aliphatic carbocycles. The summed E-state index contributed by atoms with van der Waals surface area (Å²) in [5.41, 5.74) is 5.89. The Labute approximate surface area is 107 Å². The maximum Gasteiger partial charge on any atom is 0.341 e. The van der Waals surface area contributed by atoms with Gasteiger partial charge in [-0.25, -0.2) is 9.18 Å². The van der Waals surface area contributed by atoms with Gasteiger partial charge in [-0.05, 0) is 44.9 Å². The summed E-state index contributed by atoms with van der Waals surface area (Å²) < 4.78 is 18.8. The van der Waals surface area contributed by atoms with E-state index in [1.807, 2.05) is 6.92 Å². The van der Waals surface area contributed by atoms with Gasteiger partial charge in [0.05, 0.1) is 5.56 Å². The summed E-state index contributed by atoms with van der Waals surface area (Å²) >= 11 is 0. The number of carbonyl (C=O) groups is 1. The van der Waals surface area contributed by atoms with Gasteiger partial charge in [0.2, 0.25) is 0 Å². The second-order valence-corrected chi connectivity index (χ2v) is 5.26. The summed E-state index contributed by atoms with van der Waals surface area (Å²) in [4.78, 5) is 11.8. The lowest BCUT2D eigenvalue weighted by Gasteiger charge is -2.20. The summed E-state index contributed by atoms with van der Waals surface area (Å²) in [7, 11) is 0. The molecule has 0 aromatic heterocycles. The number of hydrogen-bond donors (Lipinski definition) is 1. The number of carbonyl (C=O) groups excluding carboxylic acids is 1. The van der Waals surface area contributed by atoms with Crippen molar-refractivity contribution in [3.63, 3.8) is 0 Å². The summed E-state index contributed by atoms with van der Waals surface area (Å²) in [6.45, 7) is 7.15. The van der Waals surface area contributed by atoms with Crippen LogP contribution >= 0.6 is 0 Å². The number of halogens is 1. The number of benzene rings is 1. The molecule has 0 amide bonds. The predicted octanol–water partition coefficient (Wildman–Crippen LogP) is 3.19. The van der Waals surface area contributed by atoms with Crippen molar-refractivity contribution in [3.05, 3.63) is 35.1 Å². The van der Waals surface area contributed by atoms with Crippen molar-refractivity contribution in [1.82, 2.24) is 0 Å². The second kappa shape index (κ2) is 5.48. The Morgan fingerprint density at radius 3 is 2.56 bits per heavy atom. The van der Waals surface area contributed by atoms with Crippen molar-refractivity contribution in [2.24, 2.45) is 5.73 Å². The molecule has 0 fully saturated rings.